The van der Waals surface area contributed by atoms with Gasteiger partial charge in [0.15, 0.2) is 0 Å². The summed E-state index contributed by atoms with van der Waals surface area (Å²) in [7, 11) is 0. The number of amides is 1. The van der Waals surface area contributed by atoms with Crippen LogP contribution in [0, 0.1) is 0 Å². The molecule has 0 radical (unpaired) electrons. The van der Waals surface area contributed by atoms with E-state index in [1.54, 1.807) is 20.8 Å². The molecule has 2 rings (SSSR count). The average molecular weight is 412 g/mol. The molecule has 0 aliphatic rings. The first-order valence-electron chi connectivity index (χ1n) is 8.40. The molecule has 0 saturated heterocycles. The number of carbonyl (C=O) groups excluding carboxylic acids is 1. The molecule has 1 aromatic carbocycles. The Morgan fingerprint density at radius 3 is 2.21 bits per heavy atom. The molecule has 0 bridgehead atoms. The molecule has 0 aliphatic heterocycles. The van der Waals surface area contributed by atoms with Crippen LogP contribution in [0.5, 0.6) is 11.6 Å². The summed E-state index contributed by atoms with van der Waals surface area (Å²) in [4.78, 5) is 26.2. The lowest BCUT2D eigenvalue weighted by molar-refractivity contribution is -0.141. The van der Waals surface area contributed by atoms with Gasteiger partial charge in [-0.2, -0.15) is 13.2 Å². The Labute approximate surface area is 164 Å². The highest BCUT2D eigenvalue weighted by atomic mass is 19.4. The first-order valence-corrected chi connectivity index (χ1v) is 8.40. The second-order valence-electron chi connectivity index (χ2n) is 6.95. The molecule has 2 N–H and O–H groups in total. The van der Waals surface area contributed by atoms with Crippen LogP contribution in [-0.4, -0.2) is 27.8 Å². The van der Waals surface area contributed by atoms with Gasteiger partial charge >= 0.3 is 18.2 Å². The van der Waals surface area contributed by atoms with Crippen LogP contribution >= 0.6 is 0 Å². The number of hydrogen-bond acceptors (Lipinski definition) is 5. The number of carbonyl (C=O) groups is 2. The van der Waals surface area contributed by atoms with Crippen molar-refractivity contribution in [3.8, 4) is 11.6 Å². The van der Waals surface area contributed by atoms with E-state index in [9.17, 15) is 22.8 Å². The Bertz CT molecular complexity index is 890. The lowest BCUT2D eigenvalue weighted by Gasteiger charge is -2.20. The molecule has 1 amide bonds. The molecule has 0 spiro atoms. The minimum Gasteiger partial charge on any atom is -0.478 e. The maximum atomic E-state index is 13.0. The SMILES string of the molecule is CC(C)(C)OC(=O)NCc1ccc(C(F)(F)F)nc1Oc1ccc(C(=O)O)cc1. The number of carboxylic acids is 1. The van der Waals surface area contributed by atoms with E-state index in [1.807, 2.05) is 0 Å². The van der Waals surface area contributed by atoms with Gasteiger partial charge in [-0.05, 0) is 57.2 Å². The van der Waals surface area contributed by atoms with Crippen molar-refractivity contribution in [2.45, 2.75) is 39.1 Å². The van der Waals surface area contributed by atoms with Crippen LogP contribution in [0.2, 0.25) is 0 Å². The van der Waals surface area contributed by atoms with Crippen LogP contribution < -0.4 is 10.1 Å². The Morgan fingerprint density at radius 2 is 1.69 bits per heavy atom. The van der Waals surface area contributed by atoms with Crippen molar-refractivity contribution >= 4 is 12.1 Å². The van der Waals surface area contributed by atoms with Crippen LogP contribution in [0.4, 0.5) is 18.0 Å². The topological polar surface area (TPSA) is 97.8 Å². The van der Waals surface area contributed by atoms with Crippen molar-refractivity contribution < 1.29 is 37.3 Å². The van der Waals surface area contributed by atoms with Gasteiger partial charge in [-0.1, -0.05) is 0 Å². The predicted octanol–water partition coefficient (Wildman–Crippen LogP) is 4.62. The van der Waals surface area contributed by atoms with Gasteiger partial charge in [-0.25, -0.2) is 14.6 Å². The number of alkyl carbamates (subject to hydrolysis) is 1. The molecular formula is C19H19F3N2O5. The summed E-state index contributed by atoms with van der Waals surface area (Å²) in [5.74, 6) is -1.45. The number of nitrogens with one attached hydrogen (secondary N) is 1. The van der Waals surface area contributed by atoms with E-state index < -0.39 is 29.5 Å². The Morgan fingerprint density at radius 1 is 1.07 bits per heavy atom. The summed E-state index contributed by atoms with van der Waals surface area (Å²) in [6.07, 6.45) is -5.45. The molecule has 10 heteroatoms. The fourth-order valence-corrected chi connectivity index (χ4v) is 2.11. The van der Waals surface area contributed by atoms with E-state index in [-0.39, 0.29) is 29.3 Å². The zero-order valence-corrected chi connectivity index (χ0v) is 15.8. The highest BCUT2D eigenvalue weighted by molar-refractivity contribution is 5.87. The second kappa shape index (κ2) is 8.38. The van der Waals surface area contributed by atoms with Crippen molar-refractivity contribution in [1.82, 2.24) is 10.3 Å². The largest absolute Gasteiger partial charge is 0.478 e. The molecule has 1 heterocycles. The minimum atomic E-state index is -4.69. The van der Waals surface area contributed by atoms with Crippen molar-refractivity contribution in [3.63, 3.8) is 0 Å². The normalized spacial score (nSPS) is 11.7. The van der Waals surface area contributed by atoms with Crippen molar-refractivity contribution in [2.75, 3.05) is 0 Å². The van der Waals surface area contributed by atoms with E-state index in [4.69, 9.17) is 14.6 Å². The molecular weight excluding hydrogens is 393 g/mol. The number of ether oxygens (including phenoxy) is 2. The highest BCUT2D eigenvalue weighted by Gasteiger charge is 2.33. The van der Waals surface area contributed by atoms with Gasteiger partial charge in [0.05, 0.1) is 12.1 Å². The maximum absolute atomic E-state index is 13.0. The smallest absolute Gasteiger partial charge is 0.433 e. The molecule has 0 aliphatic carbocycles. The third-order valence-electron chi connectivity index (χ3n) is 3.37. The van der Waals surface area contributed by atoms with E-state index in [1.165, 1.54) is 24.3 Å². The van der Waals surface area contributed by atoms with Crippen LogP contribution in [0.15, 0.2) is 36.4 Å². The number of alkyl halides is 3. The van der Waals surface area contributed by atoms with Gasteiger partial charge in [0.25, 0.3) is 0 Å². The van der Waals surface area contributed by atoms with E-state index in [0.717, 1.165) is 12.1 Å². The lowest BCUT2D eigenvalue weighted by atomic mass is 10.2. The first kappa shape index (κ1) is 22.0. The summed E-state index contributed by atoms with van der Waals surface area (Å²) in [6, 6.07) is 6.96. The number of nitrogens with zero attached hydrogens (tertiary/aromatic N) is 1. The Kier molecular flexibility index (Phi) is 6.35. The van der Waals surface area contributed by atoms with Crippen LogP contribution in [0.3, 0.4) is 0 Å². The second-order valence-corrected chi connectivity index (χ2v) is 6.95. The molecule has 0 fully saturated rings. The number of hydrogen-bond donors (Lipinski definition) is 2. The summed E-state index contributed by atoms with van der Waals surface area (Å²) in [5, 5.41) is 11.3. The third-order valence-corrected chi connectivity index (χ3v) is 3.37. The summed E-state index contributed by atoms with van der Waals surface area (Å²) in [5.41, 5.74) is -1.75. The van der Waals surface area contributed by atoms with Gasteiger partial charge in [0, 0.05) is 5.56 Å². The third kappa shape index (κ3) is 6.66. The lowest BCUT2D eigenvalue weighted by Crippen LogP contribution is -2.32. The molecule has 0 unspecified atom stereocenters. The zero-order valence-electron chi connectivity index (χ0n) is 15.8. The molecule has 156 valence electrons. The van der Waals surface area contributed by atoms with Gasteiger partial charge in [-0.15, -0.1) is 0 Å². The van der Waals surface area contributed by atoms with Gasteiger partial charge in [0.2, 0.25) is 5.88 Å². The van der Waals surface area contributed by atoms with Crippen LogP contribution in [0.25, 0.3) is 0 Å². The Hall–Kier alpha value is -3.30. The van der Waals surface area contributed by atoms with Crippen molar-refractivity contribution in [1.29, 1.82) is 0 Å². The number of pyridine rings is 1. The number of aromatic carboxylic acids is 1. The predicted molar refractivity (Wildman–Crippen MR) is 95.8 cm³/mol. The standard InChI is InChI=1S/C19H19F3N2O5/c1-18(2,3)29-17(27)23-10-12-6-9-14(19(20,21)22)24-15(12)28-13-7-4-11(5-8-13)16(25)26/h4-9H,10H2,1-3H3,(H,23,27)(H,25,26). The molecule has 29 heavy (non-hydrogen) atoms. The maximum Gasteiger partial charge on any atom is 0.433 e. The molecule has 0 atom stereocenters. The van der Waals surface area contributed by atoms with E-state index >= 15 is 0 Å². The number of carboxylic acid groups (broad SMARTS) is 1. The van der Waals surface area contributed by atoms with Gasteiger partial charge in [-0.3, -0.25) is 0 Å². The number of halogens is 3. The van der Waals surface area contributed by atoms with Crippen molar-refractivity contribution in [3.05, 3.63) is 53.2 Å². The number of benzene rings is 1. The molecule has 0 saturated carbocycles. The number of rotatable bonds is 5. The Balaban J connectivity index is 2.26. The summed E-state index contributed by atoms with van der Waals surface area (Å²) >= 11 is 0. The molecule has 7 nitrogen and oxygen atoms in total. The fourth-order valence-electron chi connectivity index (χ4n) is 2.11. The van der Waals surface area contributed by atoms with Gasteiger partial charge in [0.1, 0.15) is 17.0 Å². The monoisotopic (exact) mass is 412 g/mol. The molecule has 1 aromatic heterocycles. The van der Waals surface area contributed by atoms with Crippen LogP contribution in [0.1, 0.15) is 42.4 Å². The minimum absolute atomic E-state index is 0.0128. The van der Waals surface area contributed by atoms with E-state index in [2.05, 4.69) is 10.3 Å². The zero-order chi connectivity index (χ0) is 21.8. The average Bonchev–Trinajstić information content (AvgIpc) is 2.58. The molecule has 2 aromatic rings. The quantitative estimate of drug-likeness (QED) is 0.744. The first-order chi connectivity index (χ1) is 13.3. The van der Waals surface area contributed by atoms with Gasteiger partial charge < -0.3 is 19.9 Å². The van der Waals surface area contributed by atoms with E-state index in [0.29, 0.717) is 0 Å². The highest BCUT2D eigenvalue weighted by Crippen LogP contribution is 2.32. The fraction of sp³-hybridized carbons (Fsp3) is 0.316. The van der Waals surface area contributed by atoms with Crippen LogP contribution in [-0.2, 0) is 17.5 Å². The number of aromatic nitrogens is 1. The van der Waals surface area contributed by atoms with Crippen molar-refractivity contribution in [2.24, 2.45) is 0 Å². The summed E-state index contributed by atoms with van der Waals surface area (Å²) < 4.78 is 49.5. The summed E-state index contributed by atoms with van der Waals surface area (Å²) in [6.45, 7) is 4.81.